The average Bonchev–Trinajstić information content (AvgIpc) is 3.19. The van der Waals surface area contributed by atoms with Gasteiger partial charge in [0, 0.05) is 19.3 Å². The molecule has 30 heavy (non-hydrogen) atoms. The summed E-state index contributed by atoms with van der Waals surface area (Å²) in [7, 11) is 0. The highest BCUT2D eigenvalue weighted by molar-refractivity contribution is 5.81. The summed E-state index contributed by atoms with van der Waals surface area (Å²) in [5.74, 6) is -0.709. The van der Waals surface area contributed by atoms with E-state index in [0.29, 0.717) is 19.3 Å². The first-order valence-corrected chi connectivity index (χ1v) is 10.9. The minimum Gasteiger partial charge on any atom is -0.460 e. The molecule has 5 nitrogen and oxygen atoms in total. The van der Waals surface area contributed by atoms with Gasteiger partial charge in [-0.1, -0.05) is 20.8 Å². The Hall–Kier alpha value is -0.860. The average molecular weight is 441 g/mol. The van der Waals surface area contributed by atoms with Gasteiger partial charge < -0.3 is 19.3 Å². The Balaban J connectivity index is 0.000000225. The Morgan fingerprint density at radius 1 is 0.867 bits per heavy atom. The molecule has 0 bridgehead atoms. The zero-order chi connectivity index (χ0) is 23.3. The fourth-order valence-corrected chi connectivity index (χ4v) is 3.54. The molecular weight excluding hydrogens is 401 g/mol. The number of aliphatic hydroxyl groups is 1. The molecule has 0 spiro atoms. The summed E-state index contributed by atoms with van der Waals surface area (Å²) in [4.78, 5) is 10.7. The van der Waals surface area contributed by atoms with E-state index in [1.165, 1.54) is 13.8 Å². The molecule has 1 N–H and O–H groups in total. The van der Waals surface area contributed by atoms with Gasteiger partial charge in [0.2, 0.25) is 5.67 Å². The van der Waals surface area contributed by atoms with Gasteiger partial charge in [-0.15, -0.1) is 0 Å². The first-order chi connectivity index (χ1) is 13.7. The van der Waals surface area contributed by atoms with E-state index >= 15 is 0 Å². The summed E-state index contributed by atoms with van der Waals surface area (Å²) in [6, 6.07) is 0. The maximum Gasteiger partial charge on any atom is 0.344 e. The van der Waals surface area contributed by atoms with Crippen LogP contribution in [0.3, 0.4) is 0 Å². The van der Waals surface area contributed by atoms with Gasteiger partial charge in [0.25, 0.3) is 0 Å². The van der Waals surface area contributed by atoms with Crippen LogP contribution in [0.5, 0.6) is 0 Å². The number of alkyl halides is 3. The fraction of sp³-hybridized carbons (Fsp3) is 0.955. The molecule has 0 radical (unpaired) electrons. The number of ether oxygens (including phenoxy) is 3. The van der Waals surface area contributed by atoms with Gasteiger partial charge in [-0.2, -0.15) is 0 Å². The highest BCUT2D eigenvalue weighted by Crippen LogP contribution is 2.35. The summed E-state index contributed by atoms with van der Waals surface area (Å²) < 4.78 is 54.3. The van der Waals surface area contributed by atoms with E-state index in [9.17, 15) is 18.0 Å². The molecule has 3 fully saturated rings. The molecule has 0 aliphatic carbocycles. The van der Waals surface area contributed by atoms with E-state index in [-0.39, 0.29) is 30.8 Å². The number of cyclic esters (lactones) is 1. The van der Waals surface area contributed by atoms with Crippen molar-refractivity contribution in [3.63, 3.8) is 0 Å². The first-order valence-electron chi connectivity index (χ1n) is 10.9. The maximum absolute atomic E-state index is 13.3. The summed E-state index contributed by atoms with van der Waals surface area (Å²) in [6.45, 7) is 11.9. The van der Waals surface area contributed by atoms with Crippen molar-refractivity contribution in [1.29, 1.82) is 0 Å². The number of aliphatic hydroxyl groups excluding tert-OH is 1. The van der Waals surface area contributed by atoms with Crippen LogP contribution >= 0.6 is 0 Å². The lowest BCUT2D eigenvalue weighted by Crippen LogP contribution is -2.28. The third-order valence-electron chi connectivity index (χ3n) is 6.01. The van der Waals surface area contributed by atoms with Crippen LogP contribution < -0.4 is 0 Å². The lowest BCUT2D eigenvalue weighted by molar-refractivity contribution is -0.149. The van der Waals surface area contributed by atoms with Crippen molar-refractivity contribution in [2.75, 3.05) is 0 Å². The number of hydrogen-bond acceptors (Lipinski definition) is 5. The van der Waals surface area contributed by atoms with Crippen molar-refractivity contribution in [3.8, 4) is 0 Å². The van der Waals surface area contributed by atoms with Gasteiger partial charge in [-0.05, 0) is 47.0 Å². The minimum absolute atomic E-state index is 0.106. The fourth-order valence-electron chi connectivity index (χ4n) is 3.54. The molecule has 0 aromatic carbocycles. The molecule has 8 heteroatoms. The van der Waals surface area contributed by atoms with E-state index < -0.39 is 29.3 Å². The van der Waals surface area contributed by atoms with Crippen LogP contribution in [0.1, 0.15) is 87.0 Å². The topological polar surface area (TPSA) is 65.0 Å². The molecule has 8 atom stereocenters. The SMILES string of the molecule is CCC1C[C@@](C)(F)C(=O)O1.CCC1C[C@@](C)(F)[C@@H](C)O1.CCC1C[C@@](C)(F)[C@@H](O)O1. The van der Waals surface area contributed by atoms with Crippen molar-refractivity contribution in [2.24, 2.45) is 0 Å². The maximum atomic E-state index is 13.3. The molecule has 3 unspecified atom stereocenters. The Labute approximate surface area is 178 Å². The first kappa shape index (κ1) is 27.2. The summed E-state index contributed by atoms with van der Waals surface area (Å²) in [5.41, 5.74) is -4.37. The van der Waals surface area contributed by atoms with Crippen LogP contribution in [-0.2, 0) is 19.0 Å². The molecule has 3 rings (SSSR count). The van der Waals surface area contributed by atoms with Crippen molar-refractivity contribution in [2.45, 2.75) is 135 Å². The number of carbonyl (C=O) groups excluding carboxylic acids is 1. The summed E-state index contributed by atoms with van der Waals surface area (Å²) in [6.07, 6.45) is 1.84. The zero-order valence-electron chi connectivity index (χ0n) is 19.3. The molecule has 3 aliphatic heterocycles. The van der Waals surface area contributed by atoms with Crippen molar-refractivity contribution >= 4 is 5.97 Å². The normalized spacial score (nSPS) is 45.3. The number of halogens is 3. The smallest absolute Gasteiger partial charge is 0.344 e. The predicted molar refractivity (Wildman–Crippen MR) is 108 cm³/mol. The Morgan fingerprint density at radius 3 is 1.53 bits per heavy atom. The minimum atomic E-state index is -1.74. The Kier molecular flexibility index (Phi) is 9.64. The second-order valence-electron chi connectivity index (χ2n) is 9.13. The van der Waals surface area contributed by atoms with Crippen molar-refractivity contribution in [1.82, 2.24) is 0 Å². The van der Waals surface area contributed by atoms with E-state index in [2.05, 4.69) is 0 Å². The van der Waals surface area contributed by atoms with Crippen LogP contribution in [0.15, 0.2) is 0 Å². The third kappa shape index (κ3) is 7.38. The molecular formula is C22H39F3O5. The van der Waals surface area contributed by atoms with Gasteiger partial charge in [-0.3, -0.25) is 0 Å². The van der Waals surface area contributed by atoms with Crippen LogP contribution in [0, 0.1) is 0 Å². The van der Waals surface area contributed by atoms with E-state index in [1.807, 2.05) is 20.8 Å². The lowest BCUT2D eigenvalue weighted by atomic mass is 9.98. The van der Waals surface area contributed by atoms with Crippen LogP contribution in [-0.4, -0.2) is 58.8 Å². The second-order valence-corrected chi connectivity index (χ2v) is 9.13. The number of carbonyl (C=O) groups is 1. The molecule has 0 aromatic rings. The van der Waals surface area contributed by atoms with Crippen LogP contribution in [0.4, 0.5) is 13.2 Å². The molecule has 0 aromatic heterocycles. The Morgan fingerprint density at radius 2 is 1.33 bits per heavy atom. The van der Waals surface area contributed by atoms with E-state index in [4.69, 9.17) is 19.3 Å². The van der Waals surface area contributed by atoms with Gasteiger partial charge >= 0.3 is 5.97 Å². The molecule has 3 saturated heterocycles. The Bertz CT molecular complexity index is 523. The van der Waals surface area contributed by atoms with Gasteiger partial charge in [0.05, 0.1) is 18.3 Å². The van der Waals surface area contributed by atoms with Gasteiger partial charge in [0.15, 0.2) is 12.0 Å². The number of esters is 1. The van der Waals surface area contributed by atoms with Crippen LogP contribution in [0.25, 0.3) is 0 Å². The number of rotatable bonds is 3. The quantitative estimate of drug-likeness (QED) is 0.628. The molecule has 3 heterocycles. The predicted octanol–water partition coefficient (Wildman–Crippen LogP) is 4.97. The largest absolute Gasteiger partial charge is 0.460 e. The lowest BCUT2D eigenvalue weighted by Gasteiger charge is -2.15. The van der Waals surface area contributed by atoms with E-state index in [0.717, 1.165) is 12.8 Å². The molecule has 3 aliphatic rings. The van der Waals surface area contributed by atoms with Crippen molar-refractivity contribution in [3.05, 3.63) is 0 Å². The van der Waals surface area contributed by atoms with Gasteiger partial charge in [0.1, 0.15) is 11.8 Å². The molecule has 0 saturated carbocycles. The van der Waals surface area contributed by atoms with Crippen LogP contribution in [0.2, 0.25) is 0 Å². The van der Waals surface area contributed by atoms with Gasteiger partial charge in [-0.25, -0.2) is 18.0 Å². The van der Waals surface area contributed by atoms with E-state index in [1.54, 1.807) is 13.8 Å². The molecule has 0 amide bonds. The third-order valence-corrected chi connectivity index (χ3v) is 6.01. The summed E-state index contributed by atoms with van der Waals surface area (Å²) >= 11 is 0. The standard InChI is InChI=1S/C8H15FO.C7H13FO2.C7H11FO2/c1-4-7-5-8(3,9)6(2)10-7;2*1-3-5-4-7(2,8)6(9)10-5/h6-7H,4-5H2,1-3H3;5-6,9H,3-4H2,1-2H3;5H,3-4H2,1-2H3/t6-,7?,8-;5?,6-,7+;5?,7-/m101/s1. The zero-order valence-corrected chi connectivity index (χ0v) is 19.3. The second kappa shape index (κ2) is 10.6. The summed E-state index contributed by atoms with van der Waals surface area (Å²) in [5, 5.41) is 8.96. The number of hydrogen-bond donors (Lipinski definition) is 1. The monoisotopic (exact) mass is 440 g/mol. The highest BCUT2D eigenvalue weighted by atomic mass is 19.2. The van der Waals surface area contributed by atoms with Crippen molar-refractivity contribution < 1.29 is 37.3 Å². The highest BCUT2D eigenvalue weighted by Gasteiger charge is 2.45. The molecule has 178 valence electrons.